The lowest BCUT2D eigenvalue weighted by atomic mass is 10.1. The standard InChI is InChI=1S/C8H6Br2O2/c1-4-2-3-5(9)6(7(4)10)8(11)12/h2-3H,1H3,(H,11,12). The zero-order chi connectivity index (χ0) is 9.30. The largest absolute Gasteiger partial charge is 0.478 e. The van der Waals surface area contributed by atoms with Gasteiger partial charge < -0.3 is 5.11 Å². The van der Waals surface area contributed by atoms with Crippen molar-refractivity contribution in [2.24, 2.45) is 0 Å². The van der Waals surface area contributed by atoms with Crippen LogP contribution in [-0.2, 0) is 0 Å². The molecular formula is C8H6Br2O2. The molecule has 0 aromatic heterocycles. The van der Waals surface area contributed by atoms with E-state index in [9.17, 15) is 4.79 Å². The van der Waals surface area contributed by atoms with Crippen LogP contribution in [0.3, 0.4) is 0 Å². The van der Waals surface area contributed by atoms with Gasteiger partial charge in [0.15, 0.2) is 0 Å². The number of carboxylic acid groups (broad SMARTS) is 1. The van der Waals surface area contributed by atoms with Crippen LogP contribution < -0.4 is 0 Å². The third kappa shape index (κ3) is 1.69. The van der Waals surface area contributed by atoms with Crippen molar-refractivity contribution < 1.29 is 9.90 Å². The Bertz CT molecular complexity index is 334. The second-order valence-electron chi connectivity index (χ2n) is 2.36. The number of aromatic carboxylic acids is 1. The molecule has 1 rings (SSSR count). The molecular weight excluding hydrogens is 288 g/mol. The molecule has 0 atom stereocenters. The molecule has 2 nitrogen and oxygen atoms in total. The number of carbonyl (C=O) groups is 1. The topological polar surface area (TPSA) is 37.3 Å². The Hall–Kier alpha value is -0.350. The number of rotatable bonds is 1. The van der Waals surface area contributed by atoms with Gasteiger partial charge in [0.05, 0.1) is 5.56 Å². The van der Waals surface area contributed by atoms with Crippen molar-refractivity contribution in [2.45, 2.75) is 6.92 Å². The minimum Gasteiger partial charge on any atom is -0.478 e. The van der Waals surface area contributed by atoms with Gasteiger partial charge in [-0.1, -0.05) is 6.07 Å². The first-order valence-electron chi connectivity index (χ1n) is 3.22. The van der Waals surface area contributed by atoms with Crippen molar-refractivity contribution in [1.82, 2.24) is 0 Å². The molecule has 4 heteroatoms. The quantitative estimate of drug-likeness (QED) is 0.863. The average Bonchev–Trinajstić information content (AvgIpc) is 1.97. The molecule has 0 fully saturated rings. The van der Waals surface area contributed by atoms with Crippen molar-refractivity contribution in [3.05, 3.63) is 32.2 Å². The molecule has 12 heavy (non-hydrogen) atoms. The van der Waals surface area contributed by atoms with Crippen LogP contribution in [0, 0.1) is 6.92 Å². The van der Waals surface area contributed by atoms with E-state index in [1.807, 2.05) is 13.0 Å². The summed E-state index contributed by atoms with van der Waals surface area (Å²) in [5, 5.41) is 8.81. The van der Waals surface area contributed by atoms with Crippen LogP contribution in [-0.4, -0.2) is 11.1 Å². The maximum atomic E-state index is 10.7. The Labute approximate surface area is 86.9 Å². The molecule has 0 radical (unpaired) electrons. The lowest BCUT2D eigenvalue weighted by Gasteiger charge is -2.04. The molecule has 1 aromatic rings. The van der Waals surface area contributed by atoms with E-state index < -0.39 is 5.97 Å². The second kappa shape index (κ2) is 3.58. The fourth-order valence-corrected chi connectivity index (χ4v) is 2.13. The van der Waals surface area contributed by atoms with E-state index in [2.05, 4.69) is 31.9 Å². The van der Waals surface area contributed by atoms with E-state index in [-0.39, 0.29) is 5.56 Å². The number of benzene rings is 1. The number of carboxylic acids is 1. The minimum atomic E-state index is -0.933. The van der Waals surface area contributed by atoms with Crippen molar-refractivity contribution in [1.29, 1.82) is 0 Å². The molecule has 0 saturated heterocycles. The summed E-state index contributed by atoms with van der Waals surface area (Å²) in [4.78, 5) is 10.7. The molecule has 0 aliphatic rings. The van der Waals surface area contributed by atoms with E-state index in [4.69, 9.17) is 5.11 Å². The predicted molar refractivity (Wildman–Crippen MR) is 53.5 cm³/mol. The molecule has 0 saturated carbocycles. The Morgan fingerprint density at radius 2 is 2.00 bits per heavy atom. The number of aryl methyl sites for hydroxylation is 1. The first-order chi connectivity index (χ1) is 5.54. The molecule has 0 aliphatic carbocycles. The van der Waals surface area contributed by atoms with E-state index in [0.29, 0.717) is 8.95 Å². The van der Waals surface area contributed by atoms with Crippen LogP contribution in [0.5, 0.6) is 0 Å². The molecule has 0 unspecified atom stereocenters. The zero-order valence-electron chi connectivity index (χ0n) is 6.27. The summed E-state index contributed by atoms with van der Waals surface area (Å²) in [5.74, 6) is -0.933. The van der Waals surface area contributed by atoms with Gasteiger partial charge in [0.2, 0.25) is 0 Å². The normalized spacial score (nSPS) is 9.92. The van der Waals surface area contributed by atoms with E-state index in [1.54, 1.807) is 6.07 Å². The van der Waals surface area contributed by atoms with Gasteiger partial charge in [0, 0.05) is 8.95 Å². The summed E-state index contributed by atoms with van der Waals surface area (Å²) in [6, 6.07) is 3.57. The first-order valence-corrected chi connectivity index (χ1v) is 4.80. The van der Waals surface area contributed by atoms with Crippen LogP contribution in [0.4, 0.5) is 0 Å². The molecule has 0 bridgehead atoms. The highest BCUT2D eigenvalue weighted by molar-refractivity contribution is 9.11. The minimum absolute atomic E-state index is 0.273. The second-order valence-corrected chi connectivity index (χ2v) is 4.01. The van der Waals surface area contributed by atoms with Gasteiger partial charge in [-0.05, 0) is 50.4 Å². The van der Waals surface area contributed by atoms with Gasteiger partial charge in [0.1, 0.15) is 0 Å². The fraction of sp³-hybridized carbons (Fsp3) is 0.125. The zero-order valence-corrected chi connectivity index (χ0v) is 9.44. The molecule has 0 spiro atoms. The first kappa shape index (κ1) is 9.74. The van der Waals surface area contributed by atoms with E-state index >= 15 is 0 Å². The van der Waals surface area contributed by atoms with Crippen molar-refractivity contribution in [3.8, 4) is 0 Å². The highest BCUT2D eigenvalue weighted by atomic mass is 79.9. The number of hydrogen-bond donors (Lipinski definition) is 1. The van der Waals surface area contributed by atoms with Crippen LogP contribution >= 0.6 is 31.9 Å². The molecule has 0 aliphatic heterocycles. The Kier molecular flexibility index (Phi) is 2.90. The van der Waals surface area contributed by atoms with Gasteiger partial charge in [0.25, 0.3) is 0 Å². The molecule has 0 amide bonds. The summed E-state index contributed by atoms with van der Waals surface area (Å²) in [6.07, 6.45) is 0. The van der Waals surface area contributed by atoms with Crippen LogP contribution in [0.25, 0.3) is 0 Å². The van der Waals surface area contributed by atoms with Crippen molar-refractivity contribution in [2.75, 3.05) is 0 Å². The maximum Gasteiger partial charge on any atom is 0.338 e. The Balaban J connectivity index is 3.43. The average molecular weight is 294 g/mol. The van der Waals surface area contributed by atoms with Gasteiger partial charge in [-0.25, -0.2) is 4.79 Å². The number of halogens is 2. The Morgan fingerprint density at radius 1 is 1.42 bits per heavy atom. The highest BCUT2D eigenvalue weighted by Crippen LogP contribution is 2.28. The molecule has 64 valence electrons. The molecule has 1 N–H and O–H groups in total. The van der Waals surface area contributed by atoms with Crippen molar-refractivity contribution >= 4 is 37.8 Å². The van der Waals surface area contributed by atoms with Gasteiger partial charge >= 0.3 is 5.97 Å². The fourth-order valence-electron chi connectivity index (χ4n) is 0.853. The van der Waals surface area contributed by atoms with Gasteiger partial charge in [-0.3, -0.25) is 0 Å². The maximum absolute atomic E-state index is 10.7. The third-order valence-electron chi connectivity index (χ3n) is 1.50. The summed E-state index contributed by atoms with van der Waals surface area (Å²) in [7, 11) is 0. The monoisotopic (exact) mass is 292 g/mol. The van der Waals surface area contributed by atoms with Crippen molar-refractivity contribution in [3.63, 3.8) is 0 Å². The lowest BCUT2D eigenvalue weighted by Crippen LogP contribution is -2.00. The third-order valence-corrected chi connectivity index (χ3v) is 3.18. The van der Waals surface area contributed by atoms with E-state index in [0.717, 1.165) is 5.56 Å². The molecule has 1 aromatic carbocycles. The van der Waals surface area contributed by atoms with Crippen LogP contribution in [0.1, 0.15) is 15.9 Å². The van der Waals surface area contributed by atoms with Crippen LogP contribution in [0.15, 0.2) is 21.1 Å². The Morgan fingerprint density at radius 3 is 2.42 bits per heavy atom. The number of hydrogen-bond acceptors (Lipinski definition) is 1. The van der Waals surface area contributed by atoms with Gasteiger partial charge in [-0.2, -0.15) is 0 Å². The van der Waals surface area contributed by atoms with Crippen LogP contribution in [0.2, 0.25) is 0 Å². The summed E-state index contributed by atoms with van der Waals surface area (Å²) in [5.41, 5.74) is 1.19. The van der Waals surface area contributed by atoms with E-state index in [1.165, 1.54) is 0 Å². The lowest BCUT2D eigenvalue weighted by molar-refractivity contribution is 0.0695. The highest BCUT2D eigenvalue weighted by Gasteiger charge is 2.13. The SMILES string of the molecule is Cc1ccc(Br)c(C(=O)O)c1Br. The smallest absolute Gasteiger partial charge is 0.338 e. The summed E-state index contributed by atoms with van der Waals surface area (Å²) in [6.45, 7) is 1.85. The predicted octanol–water partition coefficient (Wildman–Crippen LogP) is 3.22. The van der Waals surface area contributed by atoms with Gasteiger partial charge in [-0.15, -0.1) is 0 Å². The summed E-state index contributed by atoms with van der Waals surface area (Å²) < 4.78 is 1.22. The molecule has 0 heterocycles. The summed E-state index contributed by atoms with van der Waals surface area (Å²) >= 11 is 6.39.